The number of imidazole rings is 1. The summed E-state index contributed by atoms with van der Waals surface area (Å²) in [6, 6.07) is 3.61. The van der Waals surface area contributed by atoms with Crippen molar-refractivity contribution in [1.29, 1.82) is 0 Å². The Morgan fingerprint density at radius 3 is 2.86 bits per heavy atom. The molecule has 112 valence electrons. The highest BCUT2D eigenvalue weighted by atomic mass is 35.5. The third-order valence-electron chi connectivity index (χ3n) is 3.31. The lowest BCUT2D eigenvalue weighted by molar-refractivity contribution is 0.576. The maximum absolute atomic E-state index is 13.0. The summed E-state index contributed by atoms with van der Waals surface area (Å²) >= 11 is 5.79. The van der Waals surface area contributed by atoms with Crippen LogP contribution in [0.3, 0.4) is 0 Å². The molecule has 5 nitrogen and oxygen atoms in total. The number of aromatic nitrogens is 2. The number of hydrogen-bond donors (Lipinski definition) is 1. The molecule has 0 amide bonds. The van der Waals surface area contributed by atoms with Crippen molar-refractivity contribution in [2.45, 2.75) is 30.3 Å². The highest BCUT2D eigenvalue weighted by Crippen LogP contribution is 2.35. The number of hydrogen-bond acceptors (Lipinski definition) is 3. The number of benzene rings is 1. The second-order valence-corrected chi connectivity index (χ2v) is 7.07. The molecule has 0 saturated heterocycles. The summed E-state index contributed by atoms with van der Waals surface area (Å²) in [6.45, 7) is 0.118. The van der Waals surface area contributed by atoms with Crippen molar-refractivity contribution in [2.75, 3.05) is 0 Å². The molecule has 0 radical (unpaired) electrons. The summed E-state index contributed by atoms with van der Waals surface area (Å²) in [5.74, 6) is -0.578. The van der Waals surface area contributed by atoms with E-state index >= 15 is 0 Å². The first-order chi connectivity index (χ1) is 9.97. The Morgan fingerprint density at radius 1 is 1.43 bits per heavy atom. The van der Waals surface area contributed by atoms with Crippen molar-refractivity contribution in [3.05, 3.63) is 47.3 Å². The molecular weight excluding hydrogens is 317 g/mol. The van der Waals surface area contributed by atoms with Gasteiger partial charge in [-0.3, -0.25) is 0 Å². The van der Waals surface area contributed by atoms with Gasteiger partial charge in [-0.05, 0) is 31.0 Å². The predicted molar refractivity (Wildman–Crippen MR) is 75.9 cm³/mol. The van der Waals surface area contributed by atoms with E-state index in [1.54, 1.807) is 12.5 Å². The number of halogens is 2. The first-order valence-corrected chi connectivity index (χ1v) is 8.29. The van der Waals surface area contributed by atoms with Crippen molar-refractivity contribution in [3.8, 4) is 0 Å². The topological polar surface area (TPSA) is 64.0 Å². The van der Waals surface area contributed by atoms with Gasteiger partial charge in [0.15, 0.2) is 0 Å². The second kappa shape index (κ2) is 5.40. The van der Waals surface area contributed by atoms with Crippen LogP contribution in [-0.2, 0) is 16.6 Å². The van der Waals surface area contributed by atoms with Crippen LogP contribution in [0.25, 0.3) is 0 Å². The zero-order valence-electron chi connectivity index (χ0n) is 11.0. The van der Waals surface area contributed by atoms with Gasteiger partial charge in [-0.15, -0.1) is 0 Å². The van der Waals surface area contributed by atoms with Crippen molar-refractivity contribution < 1.29 is 12.8 Å². The summed E-state index contributed by atoms with van der Waals surface area (Å²) in [7, 11) is -3.80. The van der Waals surface area contributed by atoms with Gasteiger partial charge in [0.2, 0.25) is 10.0 Å². The molecule has 0 bridgehead atoms. The first-order valence-electron chi connectivity index (χ1n) is 6.43. The molecule has 1 aliphatic carbocycles. The maximum Gasteiger partial charge on any atom is 0.242 e. The lowest BCUT2D eigenvalue weighted by Crippen LogP contribution is -2.24. The molecule has 8 heteroatoms. The van der Waals surface area contributed by atoms with E-state index in [0.29, 0.717) is 6.04 Å². The highest BCUT2D eigenvalue weighted by molar-refractivity contribution is 7.89. The molecule has 1 N–H and O–H groups in total. The third kappa shape index (κ3) is 3.09. The van der Waals surface area contributed by atoms with E-state index in [2.05, 4.69) is 9.71 Å². The smallest absolute Gasteiger partial charge is 0.242 e. The molecule has 0 atom stereocenters. The largest absolute Gasteiger partial charge is 0.330 e. The fourth-order valence-corrected chi connectivity index (χ4v) is 3.62. The Balaban J connectivity index is 1.78. The van der Waals surface area contributed by atoms with Crippen LogP contribution in [0.15, 0.2) is 35.6 Å². The minimum Gasteiger partial charge on any atom is -0.330 e. The molecule has 3 rings (SSSR count). The molecule has 0 aliphatic heterocycles. The fraction of sp³-hybridized carbons (Fsp3) is 0.308. The molecule has 0 unspecified atom stereocenters. The van der Waals surface area contributed by atoms with E-state index < -0.39 is 15.8 Å². The molecular formula is C13H13ClFN3O2S. The van der Waals surface area contributed by atoms with Gasteiger partial charge in [-0.1, -0.05) is 11.6 Å². The van der Waals surface area contributed by atoms with E-state index in [4.69, 9.17) is 11.6 Å². The molecule has 2 aromatic rings. The fourth-order valence-electron chi connectivity index (χ4n) is 2.09. The van der Waals surface area contributed by atoms with Crippen LogP contribution in [0.1, 0.15) is 24.6 Å². The summed E-state index contributed by atoms with van der Waals surface area (Å²) in [5.41, 5.74) is 0.791. The Bertz CT molecular complexity index is 771. The average Bonchev–Trinajstić information content (AvgIpc) is 3.15. The number of rotatable bonds is 5. The van der Waals surface area contributed by atoms with Gasteiger partial charge < -0.3 is 4.57 Å². The minimum absolute atomic E-state index is 0.118. The van der Waals surface area contributed by atoms with Crippen LogP contribution in [0, 0.1) is 5.82 Å². The third-order valence-corrected chi connectivity index (χ3v) is 5.20. The number of sulfonamides is 1. The van der Waals surface area contributed by atoms with E-state index in [1.165, 1.54) is 0 Å². The van der Waals surface area contributed by atoms with Gasteiger partial charge in [0.25, 0.3) is 0 Å². The first kappa shape index (κ1) is 14.5. The van der Waals surface area contributed by atoms with Crippen molar-refractivity contribution in [3.63, 3.8) is 0 Å². The minimum atomic E-state index is -3.80. The Morgan fingerprint density at radius 2 is 2.19 bits per heavy atom. The lowest BCUT2D eigenvalue weighted by Gasteiger charge is -2.10. The summed E-state index contributed by atoms with van der Waals surface area (Å²) in [6.07, 6.45) is 5.50. The molecule has 1 fully saturated rings. The lowest BCUT2D eigenvalue weighted by atomic mass is 10.3. The highest BCUT2D eigenvalue weighted by Gasteiger charge is 2.26. The molecule has 1 saturated carbocycles. The monoisotopic (exact) mass is 329 g/mol. The quantitative estimate of drug-likeness (QED) is 0.916. The van der Waals surface area contributed by atoms with E-state index in [-0.39, 0.29) is 16.5 Å². The Kier molecular flexibility index (Phi) is 3.73. The van der Waals surface area contributed by atoms with Gasteiger partial charge in [0.1, 0.15) is 10.7 Å². The summed E-state index contributed by atoms with van der Waals surface area (Å²) in [4.78, 5) is 3.90. The van der Waals surface area contributed by atoms with Crippen LogP contribution in [0.5, 0.6) is 0 Å². The summed E-state index contributed by atoms with van der Waals surface area (Å²) < 4.78 is 41.8. The Labute approximate surface area is 126 Å². The molecule has 21 heavy (non-hydrogen) atoms. The van der Waals surface area contributed by atoms with Crippen LogP contribution >= 0.6 is 11.6 Å². The van der Waals surface area contributed by atoms with Crippen molar-refractivity contribution >= 4 is 21.6 Å². The second-order valence-electron chi connectivity index (χ2n) is 4.92. The van der Waals surface area contributed by atoms with Gasteiger partial charge in [0.05, 0.1) is 23.6 Å². The molecule has 0 spiro atoms. The van der Waals surface area contributed by atoms with E-state index in [9.17, 15) is 12.8 Å². The normalized spacial score (nSPS) is 15.3. The van der Waals surface area contributed by atoms with Crippen molar-refractivity contribution in [2.24, 2.45) is 0 Å². The SMILES string of the molecule is O=S(=O)(NCc1cncn1C1CC1)c1ccc(F)cc1Cl. The average molecular weight is 330 g/mol. The van der Waals surface area contributed by atoms with Gasteiger partial charge in [0, 0.05) is 12.2 Å². The molecule has 1 aromatic carbocycles. The maximum atomic E-state index is 13.0. The Hall–Kier alpha value is -1.44. The van der Waals surface area contributed by atoms with Crippen LogP contribution in [-0.4, -0.2) is 18.0 Å². The number of nitrogens with one attached hydrogen (secondary N) is 1. The van der Waals surface area contributed by atoms with E-state index in [0.717, 1.165) is 36.7 Å². The predicted octanol–water partition coefficient (Wildman–Crippen LogP) is 2.49. The van der Waals surface area contributed by atoms with Crippen molar-refractivity contribution in [1.82, 2.24) is 14.3 Å². The van der Waals surface area contributed by atoms with Gasteiger partial charge in [-0.2, -0.15) is 0 Å². The van der Waals surface area contributed by atoms with Crippen LogP contribution in [0.4, 0.5) is 4.39 Å². The van der Waals surface area contributed by atoms with Crippen LogP contribution < -0.4 is 4.72 Å². The van der Waals surface area contributed by atoms with Gasteiger partial charge in [-0.25, -0.2) is 22.5 Å². The standard InChI is InChI=1S/C13H13ClFN3O2S/c14-12-5-9(15)1-4-13(12)21(19,20)17-7-11-6-16-8-18(11)10-2-3-10/h1,4-6,8,10,17H,2-3,7H2. The zero-order valence-corrected chi connectivity index (χ0v) is 12.5. The molecule has 1 heterocycles. The molecule has 1 aliphatic rings. The summed E-state index contributed by atoms with van der Waals surface area (Å²) in [5, 5.41) is -0.141. The van der Waals surface area contributed by atoms with Gasteiger partial charge >= 0.3 is 0 Å². The zero-order chi connectivity index (χ0) is 15.0. The molecule has 1 aromatic heterocycles. The number of nitrogens with zero attached hydrogens (tertiary/aromatic N) is 2. The van der Waals surface area contributed by atoms with Crippen LogP contribution in [0.2, 0.25) is 5.02 Å². The van der Waals surface area contributed by atoms with E-state index in [1.807, 2.05) is 4.57 Å².